The van der Waals surface area contributed by atoms with Crippen molar-refractivity contribution in [2.75, 3.05) is 7.11 Å². The number of ketones is 1. The van der Waals surface area contributed by atoms with Crippen molar-refractivity contribution in [3.63, 3.8) is 0 Å². The maximum atomic E-state index is 13.6. The summed E-state index contributed by atoms with van der Waals surface area (Å²) in [7, 11) is 1.20. The number of carbonyl (C=O) groups is 2. The van der Waals surface area contributed by atoms with Crippen LogP contribution in [0.15, 0.2) is 18.2 Å². The number of nitrogens with one attached hydrogen (secondary N) is 1. The second-order valence-electron chi connectivity index (χ2n) is 4.64. The van der Waals surface area contributed by atoms with E-state index in [0.717, 1.165) is 18.2 Å². The molecular formula is C14H17F2NO3. The lowest BCUT2D eigenvalue weighted by Crippen LogP contribution is -2.42. The van der Waals surface area contributed by atoms with Crippen molar-refractivity contribution >= 4 is 11.8 Å². The summed E-state index contributed by atoms with van der Waals surface area (Å²) in [6.45, 7) is 3.55. The standard InChI is InChI=1S/C14H17F2NO3/c1-8(2)17-12(7-13(18)20-3)14(19)10-6-9(15)4-5-11(10)16/h4-6,8,12,17H,7H2,1-3H3. The van der Waals surface area contributed by atoms with E-state index >= 15 is 0 Å². The van der Waals surface area contributed by atoms with Crippen LogP contribution in [0, 0.1) is 11.6 Å². The Morgan fingerprint density at radius 3 is 2.50 bits per heavy atom. The molecular weight excluding hydrogens is 268 g/mol. The summed E-state index contributed by atoms with van der Waals surface area (Å²) in [5.41, 5.74) is -0.382. The highest BCUT2D eigenvalue weighted by Crippen LogP contribution is 2.14. The van der Waals surface area contributed by atoms with E-state index in [1.54, 1.807) is 13.8 Å². The summed E-state index contributed by atoms with van der Waals surface area (Å²) in [6.07, 6.45) is -0.247. The van der Waals surface area contributed by atoms with Gasteiger partial charge in [-0.25, -0.2) is 8.78 Å². The second kappa shape index (κ2) is 7.09. The van der Waals surface area contributed by atoms with Gasteiger partial charge in [0.05, 0.1) is 25.1 Å². The number of methoxy groups -OCH3 is 1. The number of Topliss-reactive ketones (excluding diaryl/α,β-unsaturated/α-hetero) is 1. The fourth-order valence-electron chi connectivity index (χ4n) is 1.75. The van der Waals surface area contributed by atoms with Crippen molar-refractivity contribution in [2.45, 2.75) is 32.4 Å². The average molecular weight is 285 g/mol. The third-order valence-corrected chi connectivity index (χ3v) is 2.64. The summed E-state index contributed by atoms with van der Waals surface area (Å²) < 4.78 is 31.2. The Balaban J connectivity index is 3.02. The lowest BCUT2D eigenvalue weighted by atomic mass is 10.00. The predicted octanol–water partition coefficient (Wildman–Crippen LogP) is 2.08. The Bertz CT molecular complexity index is 503. The smallest absolute Gasteiger partial charge is 0.307 e. The molecule has 1 atom stereocenters. The van der Waals surface area contributed by atoms with Gasteiger partial charge in [0.25, 0.3) is 0 Å². The van der Waals surface area contributed by atoms with Gasteiger partial charge in [-0.05, 0) is 18.2 Å². The van der Waals surface area contributed by atoms with Crippen molar-refractivity contribution in [3.05, 3.63) is 35.4 Å². The van der Waals surface area contributed by atoms with Crippen molar-refractivity contribution in [3.8, 4) is 0 Å². The Hall–Kier alpha value is -1.82. The average Bonchev–Trinajstić information content (AvgIpc) is 2.39. The summed E-state index contributed by atoms with van der Waals surface area (Å²) in [6, 6.07) is 1.57. The summed E-state index contributed by atoms with van der Waals surface area (Å²) >= 11 is 0. The molecule has 0 aliphatic rings. The number of hydrogen-bond donors (Lipinski definition) is 1. The molecule has 1 N–H and O–H groups in total. The normalized spacial score (nSPS) is 12.3. The Morgan fingerprint density at radius 2 is 1.95 bits per heavy atom. The van der Waals surface area contributed by atoms with Crippen LogP contribution in [-0.4, -0.2) is 30.9 Å². The number of carbonyl (C=O) groups excluding carboxylic acids is 2. The van der Waals surface area contributed by atoms with Crippen molar-refractivity contribution in [1.82, 2.24) is 5.32 Å². The quantitative estimate of drug-likeness (QED) is 0.642. The molecule has 1 aromatic rings. The highest BCUT2D eigenvalue weighted by molar-refractivity contribution is 6.02. The fraction of sp³-hybridized carbons (Fsp3) is 0.429. The Morgan fingerprint density at radius 1 is 1.30 bits per heavy atom. The van der Waals surface area contributed by atoms with Crippen LogP contribution < -0.4 is 5.32 Å². The molecule has 110 valence electrons. The van der Waals surface area contributed by atoms with Gasteiger partial charge >= 0.3 is 5.97 Å². The Labute approximate surface area is 116 Å². The van der Waals surface area contributed by atoms with Gasteiger partial charge in [0.2, 0.25) is 0 Å². The second-order valence-corrected chi connectivity index (χ2v) is 4.64. The first-order valence-electron chi connectivity index (χ1n) is 6.17. The lowest BCUT2D eigenvalue weighted by molar-refractivity contribution is -0.141. The number of benzene rings is 1. The first-order chi connectivity index (χ1) is 9.35. The van der Waals surface area contributed by atoms with Gasteiger partial charge in [0.1, 0.15) is 11.6 Å². The zero-order valence-corrected chi connectivity index (χ0v) is 11.6. The van der Waals surface area contributed by atoms with E-state index in [1.807, 2.05) is 0 Å². The van der Waals surface area contributed by atoms with E-state index < -0.39 is 29.4 Å². The summed E-state index contributed by atoms with van der Waals surface area (Å²) in [5.74, 6) is -2.82. The minimum absolute atomic E-state index is 0.106. The minimum Gasteiger partial charge on any atom is -0.469 e. The highest BCUT2D eigenvalue weighted by atomic mass is 19.1. The van der Waals surface area contributed by atoms with E-state index in [0.29, 0.717) is 0 Å². The van der Waals surface area contributed by atoms with Crippen LogP contribution in [0.4, 0.5) is 8.78 Å². The molecule has 6 heteroatoms. The van der Waals surface area contributed by atoms with E-state index in [9.17, 15) is 18.4 Å². The van der Waals surface area contributed by atoms with Gasteiger partial charge in [-0.3, -0.25) is 9.59 Å². The molecule has 1 unspecified atom stereocenters. The van der Waals surface area contributed by atoms with E-state index in [-0.39, 0.29) is 18.0 Å². The molecule has 20 heavy (non-hydrogen) atoms. The van der Waals surface area contributed by atoms with Crippen molar-refractivity contribution < 1.29 is 23.1 Å². The monoisotopic (exact) mass is 285 g/mol. The zero-order chi connectivity index (χ0) is 15.3. The van der Waals surface area contributed by atoms with Crippen LogP contribution in [0.3, 0.4) is 0 Å². The number of ether oxygens (including phenoxy) is 1. The van der Waals surface area contributed by atoms with Crippen LogP contribution in [0.1, 0.15) is 30.6 Å². The van der Waals surface area contributed by atoms with Gasteiger partial charge in [-0.2, -0.15) is 0 Å². The van der Waals surface area contributed by atoms with Crippen molar-refractivity contribution in [2.24, 2.45) is 0 Å². The topological polar surface area (TPSA) is 55.4 Å². The molecule has 0 spiro atoms. The minimum atomic E-state index is -0.959. The number of esters is 1. The van der Waals surface area contributed by atoms with Gasteiger partial charge in [-0.15, -0.1) is 0 Å². The van der Waals surface area contributed by atoms with Crippen LogP contribution >= 0.6 is 0 Å². The molecule has 0 aliphatic carbocycles. The van der Waals surface area contributed by atoms with Gasteiger partial charge in [0, 0.05) is 6.04 Å². The third kappa shape index (κ3) is 4.38. The van der Waals surface area contributed by atoms with Crippen molar-refractivity contribution in [1.29, 1.82) is 0 Å². The summed E-state index contributed by atoms with van der Waals surface area (Å²) in [4.78, 5) is 23.5. The molecule has 0 radical (unpaired) electrons. The van der Waals surface area contributed by atoms with E-state index in [1.165, 1.54) is 7.11 Å². The summed E-state index contributed by atoms with van der Waals surface area (Å²) in [5, 5.41) is 2.85. The molecule has 0 saturated heterocycles. The number of hydrogen-bond acceptors (Lipinski definition) is 4. The third-order valence-electron chi connectivity index (χ3n) is 2.64. The number of halogens is 2. The number of rotatable bonds is 6. The highest BCUT2D eigenvalue weighted by Gasteiger charge is 2.26. The molecule has 1 rings (SSSR count). The SMILES string of the molecule is COC(=O)CC(NC(C)C)C(=O)c1cc(F)ccc1F. The molecule has 1 aromatic carbocycles. The predicted molar refractivity (Wildman–Crippen MR) is 69.4 cm³/mol. The first-order valence-corrected chi connectivity index (χ1v) is 6.17. The zero-order valence-electron chi connectivity index (χ0n) is 11.6. The van der Waals surface area contributed by atoms with Crippen LogP contribution in [0.25, 0.3) is 0 Å². The molecule has 0 heterocycles. The van der Waals surface area contributed by atoms with Crippen LogP contribution in [-0.2, 0) is 9.53 Å². The maximum Gasteiger partial charge on any atom is 0.307 e. The fourth-order valence-corrected chi connectivity index (χ4v) is 1.75. The molecule has 0 saturated carbocycles. The van der Waals surface area contributed by atoms with Crippen LogP contribution in [0.5, 0.6) is 0 Å². The van der Waals surface area contributed by atoms with Crippen LogP contribution in [0.2, 0.25) is 0 Å². The molecule has 0 aromatic heterocycles. The lowest BCUT2D eigenvalue weighted by Gasteiger charge is -2.19. The molecule has 0 bridgehead atoms. The molecule has 4 nitrogen and oxygen atoms in total. The molecule has 0 fully saturated rings. The van der Waals surface area contributed by atoms with E-state index in [2.05, 4.69) is 10.1 Å². The molecule has 0 amide bonds. The van der Waals surface area contributed by atoms with Gasteiger partial charge in [0.15, 0.2) is 5.78 Å². The Kier molecular flexibility index (Phi) is 5.76. The maximum absolute atomic E-state index is 13.6. The first kappa shape index (κ1) is 16.2. The van der Waals surface area contributed by atoms with Gasteiger partial charge < -0.3 is 10.1 Å². The van der Waals surface area contributed by atoms with E-state index in [4.69, 9.17) is 0 Å². The van der Waals surface area contributed by atoms with Gasteiger partial charge in [-0.1, -0.05) is 13.8 Å². The largest absolute Gasteiger partial charge is 0.469 e. The molecule has 0 aliphatic heterocycles.